The van der Waals surface area contributed by atoms with Gasteiger partial charge in [-0.25, -0.2) is 0 Å². The second-order valence-electron chi connectivity index (χ2n) is 8.05. The van der Waals surface area contributed by atoms with Crippen LogP contribution in [0.15, 0.2) is 71.4 Å². The number of aromatic nitrogens is 3. The van der Waals surface area contributed by atoms with Crippen molar-refractivity contribution in [1.29, 1.82) is 0 Å². The fraction of sp³-hybridized carbons (Fsp3) is 0.435. The van der Waals surface area contributed by atoms with E-state index in [0.29, 0.717) is 6.04 Å². The van der Waals surface area contributed by atoms with E-state index in [1.165, 1.54) is 16.7 Å². The Morgan fingerprint density at radius 1 is 1.15 bits per heavy atom. The van der Waals surface area contributed by atoms with E-state index in [1.54, 1.807) is 25.7 Å². The number of hydrogen-bond donors (Lipinski definition) is 0. The van der Waals surface area contributed by atoms with E-state index < -0.39 is 0 Å². The van der Waals surface area contributed by atoms with Gasteiger partial charge >= 0.3 is 0 Å². The molecule has 0 saturated carbocycles. The van der Waals surface area contributed by atoms with E-state index in [-0.39, 0.29) is 11.2 Å². The molecule has 144 valence electrons. The Labute approximate surface area is 163 Å². The number of rotatable bonds is 6. The Kier molecular flexibility index (Phi) is 6.89. The van der Waals surface area contributed by atoms with Gasteiger partial charge < -0.3 is 4.57 Å². The average Bonchev–Trinajstić information content (AvgIpc) is 3.07. The summed E-state index contributed by atoms with van der Waals surface area (Å²) < 4.78 is 2.11. The molecule has 1 heterocycles. The zero-order valence-corrected chi connectivity index (χ0v) is 17.4. The molecule has 0 N–H and O–H groups in total. The van der Waals surface area contributed by atoms with Crippen molar-refractivity contribution in [2.75, 3.05) is 0 Å². The number of allylic oxidation sites excluding steroid dienone is 10. The van der Waals surface area contributed by atoms with Crippen molar-refractivity contribution in [1.82, 2.24) is 14.8 Å². The van der Waals surface area contributed by atoms with Crippen LogP contribution in [0.25, 0.3) is 0 Å². The van der Waals surface area contributed by atoms with Gasteiger partial charge in [-0.2, -0.15) is 0 Å². The molecular weight excluding hydrogens is 334 g/mol. The summed E-state index contributed by atoms with van der Waals surface area (Å²) in [5.74, 6) is 0.0716. The Balaban J connectivity index is 2.21. The molecule has 1 aromatic rings. The highest BCUT2D eigenvalue weighted by Crippen LogP contribution is 2.45. The highest BCUT2D eigenvalue weighted by molar-refractivity contribution is 5.88. The molecule has 4 heteroatoms. The minimum Gasteiger partial charge on any atom is -0.313 e. The summed E-state index contributed by atoms with van der Waals surface area (Å²) in [5, 5.41) is 7.93. The van der Waals surface area contributed by atoms with Crippen LogP contribution in [0.5, 0.6) is 0 Å². The molecule has 1 unspecified atom stereocenters. The third kappa shape index (κ3) is 5.75. The molecule has 0 aliphatic heterocycles. The highest BCUT2D eigenvalue weighted by atomic mass is 16.1. The van der Waals surface area contributed by atoms with Gasteiger partial charge in [0.05, 0.1) is 6.04 Å². The first kappa shape index (κ1) is 20.8. The highest BCUT2D eigenvalue weighted by Gasteiger charge is 2.32. The Morgan fingerprint density at radius 2 is 1.81 bits per heavy atom. The van der Waals surface area contributed by atoms with Crippen molar-refractivity contribution in [3.63, 3.8) is 0 Å². The first-order valence-corrected chi connectivity index (χ1v) is 9.48. The topological polar surface area (TPSA) is 47.8 Å². The molecule has 1 aliphatic carbocycles. The Bertz CT molecular complexity index is 818. The third-order valence-corrected chi connectivity index (χ3v) is 5.16. The molecule has 0 fully saturated rings. The molecule has 1 aromatic heterocycles. The number of carbonyl (C=O) groups is 1. The summed E-state index contributed by atoms with van der Waals surface area (Å²) in [5.41, 5.74) is 5.05. The van der Waals surface area contributed by atoms with Gasteiger partial charge in [-0.15, -0.1) is 10.2 Å². The molecule has 4 nitrogen and oxygen atoms in total. The summed E-state index contributed by atoms with van der Waals surface area (Å²) >= 11 is 0. The maximum atomic E-state index is 11.1. The molecule has 0 amide bonds. The van der Waals surface area contributed by atoms with Gasteiger partial charge in [0.25, 0.3) is 0 Å². The first-order valence-electron chi connectivity index (χ1n) is 9.48. The minimum absolute atomic E-state index is 0.0716. The summed E-state index contributed by atoms with van der Waals surface area (Å²) in [6, 6.07) is 0.330. The second kappa shape index (κ2) is 8.94. The van der Waals surface area contributed by atoms with Crippen LogP contribution in [0.2, 0.25) is 0 Å². The number of hydrogen-bond acceptors (Lipinski definition) is 3. The fourth-order valence-electron chi connectivity index (χ4n) is 3.65. The van der Waals surface area contributed by atoms with Crippen molar-refractivity contribution < 1.29 is 4.79 Å². The summed E-state index contributed by atoms with van der Waals surface area (Å²) in [6.45, 7) is 12.4. The lowest BCUT2D eigenvalue weighted by molar-refractivity contribution is -0.112. The summed E-state index contributed by atoms with van der Waals surface area (Å²) in [7, 11) is 0. The molecule has 0 spiro atoms. The molecular formula is C23H31N3O. The Hall–Kier alpha value is -2.49. The SMILES string of the molecule is CC(=O)/C=C(C)/C=C/C=C(C)/C=C/C1=C(C)C(n2cnnc2)CCC1(C)C. The van der Waals surface area contributed by atoms with E-state index >= 15 is 0 Å². The number of ketones is 1. The van der Waals surface area contributed by atoms with Crippen LogP contribution in [-0.4, -0.2) is 20.5 Å². The van der Waals surface area contributed by atoms with E-state index in [9.17, 15) is 4.79 Å². The minimum atomic E-state index is 0.0716. The maximum Gasteiger partial charge on any atom is 0.152 e. The Morgan fingerprint density at radius 3 is 2.44 bits per heavy atom. The van der Waals surface area contributed by atoms with E-state index in [0.717, 1.165) is 18.4 Å². The lowest BCUT2D eigenvalue weighted by Crippen LogP contribution is -2.25. The summed E-state index contributed by atoms with van der Waals surface area (Å²) in [4.78, 5) is 11.1. The molecule has 1 atom stereocenters. The fourth-order valence-corrected chi connectivity index (χ4v) is 3.65. The van der Waals surface area contributed by atoms with Gasteiger partial charge in [-0.3, -0.25) is 4.79 Å². The number of carbonyl (C=O) groups excluding carboxylic acids is 1. The maximum absolute atomic E-state index is 11.1. The van der Waals surface area contributed by atoms with Crippen LogP contribution in [0.1, 0.15) is 60.4 Å². The number of nitrogens with zero attached hydrogens (tertiary/aromatic N) is 3. The van der Waals surface area contributed by atoms with Crippen LogP contribution in [0.3, 0.4) is 0 Å². The van der Waals surface area contributed by atoms with Crippen molar-refractivity contribution in [2.45, 2.75) is 60.4 Å². The second-order valence-corrected chi connectivity index (χ2v) is 8.05. The van der Waals surface area contributed by atoms with Gasteiger partial charge in [0.15, 0.2) is 5.78 Å². The van der Waals surface area contributed by atoms with E-state index in [2.05, 4.69) is 60.7 Å². The van der Waals surface area contributed by atoms with Crippen molar-refractivity contribution in [3.05, 3.63) is 71.4 Å². The normalized spacial score (nSPS) is 21.5. The smallest absolute Gasteiger partial charge is 0.152 e. The predicted octanol–water partition coefficient (Wildman–Crippen LogP) is 5.55. The van der Waals surface area contributed by atoms with Crippen LogP contribution in [0.4, 0.5) is 0 Å². The van der Waals surface area contributed by atoms with Gasteiger partial charge in [0, 0.05) is 0 Å². The zero-order chi connectivity index (χ0) is 20.0. The largest absolute Gasteiger partial charge is 0.313 e. The zero-order valence-electron chi connectivity index (χ0n) is 17.4. The lowest BCUT2D eigenvalue weighted by Gasteiger charge is -2.37. The average molecular weight is 366 g/mol. The molecule has 2 rings (SSSR count). The van der Waals surface area contributed by atoms with Crippen LogP contribution >= 0.6 is 0 Å². The van der Waals surface area contributed by atoms with Crippen LogP contribution in [-0.2, 0) is 4.79 Å². The van der Waals surface area contributed by atoms with E-state index in [1.807, 2.05) is 19.1 Å². The standard InChI is InChI=1S/C23H31N3O/c1-17(8-7-9-18(2)14-19(3)27)10-11-21-20(4)22(12-13-23(21,5)6)26-15-24-25-16-26/h7-11,14-16,22H,12-13H2,1-6H3/b9-7+,11-10+,17-8+,18-14+. The van der Waals surface area contributed by atoms with Gasteiger partial charge in [-0.05, 0) is 68.7 Å². The molecule has 0 aromatic carbocycles. The van der Waals surface area contributed by atoms with Gasteiger partial charge in [0.2, 0.25) is 0 Å². The quantitative estimate of drug-likeness (QED) is 0.490. The molecule has 0 radical (unpaired) electrons. The third-order valence-electron chi connectivity index (χ3n) is 5.16. The first-order chi connectivity index (χ1) is 12.7. The molecule has 27 heavy (non-hydrogen) atoms. The lowest BCUT2D eigenvalue weighted by atomic mass is 9.71. The van der Waals surface area contributed by atoms with Gasteiger partial charge in [-0.1, -0.05) is 49.8 Å². The van der Waals surface area contributed by atoms with E-state index in [4.69, 9.17) is 0 Å². The molecule has 1 aliphatic rings. The predicted molar refractivity (Wildman–Crippen MR) is 111 cm³/mol. The van der Waals surface area contributed by atoms with Crippen LogP contribution < -0.4 is 0 Å². The summed E-state index contributed by atoms with van der Waals surface area (Å²) in [6.07, 6.45) is 17.9. The molecule has 0 saturated heterocycles. The monoisotopic (exact) mass is 365 g/mol. The van der Waals surface area contributed by atoms with Crippen LogP contribution in [0, 0.1) is 5.41 Å². The van der Waals surface area contributed by atoms with Crippen molar-refractivity contribution in [3.8, 4) is 0 Å². The molecule has 0 bridgehead atoms. The van der Waals surface area contributed by atoms with Crippen molar-refractivity contribution >= 4 is 5.78 Å². The van der Waals surface area contributed by atoms with Gasteiger partial charge in [0.1, 0.15) is 12.7 Å². The van der Waals surface area contributed by atoms with Crippen molar-refractivity contribution in [2.24, 2.45) is 5.41 Å².